The van der Waals surface area contributed by atoms with Crippen LogP contribution in [-0.4, -0.2) is 111 Å². The van der Waals surface area contributed by atoms with Crippen LogP contribution in [0, 0.1) is 0 Å². The molecule has 3 heterocycles. The predicted molar refractivity (Wildman–Crippen MR) is 172 cm³/mol. The zero-order chi connectivity index (χ0) is 35.9. The Hall–Kier alpha value is -3.93. The quantitative estimate of drug-likeness (QED) is 0.158. The van der Waals surface area contributed by atoms with Crippen LogP contribution >= 0.6 is 0 Å². The van der Waals surface area contributed by atoms with Crippen molar-refractivity contribution < 1.29 is 68.6 Å². The van der Waals surface area contributed by atoms with Crippen molar-refractivity contribution in [2.45, 2.75) is 95.5 Å². The second-order valence-electron chi connectivity index (χ2n) is 12.3. The largest absolute Gasteiger partial charge is 0.507 e. The minimum absolute atomic E-state index is 0.0171. The maximum Gasteiger partial charge on any atom is 0.239 e. The molecule has 3 aromatic rings. The summed E-state index contributed by atoms with van der Waals surface area (Å²) in [6.45, 7) is 6.71. The Kier molecular flexibility index (Phi) is 10.8. The molecule has 10 atom stereocenters. The summed E-state index contributed by atoms with van der Waals surface area (Å²) in [5, 5.41) is 74.2. The molecule has 10 unspecified atom stereocenters. The molecule has 0 amide bonds. The number of phenols is 2. The molecule has 0 saturated carbocycles. The molecule has 0 radical (unpaired) electrons. The average Bonchev–Trinajstić information content (AvgIpc) is 3.06. The van der Waals surface area contributed by atoms with E-state index in [2.05, 4.69) is 0 Å². The van der Waals surface area contributed by atoms with Crippen LogP contribution in [0.25, 0.3) is 22.3 Å². The van der Waals surface area contributed by atoms with E-state index in [1.54, 1.807) is 0 Å². The summed E-state index contributed by atoms with van der Waals surface area (Å²) in [6.07, 6.45) is -12.6. The van der Waals surface area contributed by atoms with E-state index < -0.39 is 78.3 Å². The Labute approximate surface area is 281 Å². The predicted octanol–water partition coefficient (Wildman–Crippen LogP) is 1.46. The van der Waals surface area contributed by atoms with E-state index in [4.69, 9.17) is 32.8 Å². The van der Waals surface area contributed by atoms with Gasteiger partial charge in [0.2, 0.25) is 17.5 Å². The topological polar surface area (TPSA) is 227 Å². The monoisotopic (exact) mass is 690 g/mol. The number of phenolic OH excluding ortho intramolecular Hbond substituents is 2. The summed E-state index contributed by atoms with van der Waals surface area (Å²) in [4.78, 5) is 14.2. The van der Waals surface area contributed by atoms with E-state index in [1.807, 2.05) is 19.9 Å². The molecule has 2 fully saturated rings. The first-order valence-electron chi connectivity index (χ1n) is 15.6. The van der Waals surface area contributed by atoms with Gasteiger partial charge < -0.3 is 68.6 Å². The number of allylic oxidation sites excluding steroid dienone is 2. The van der Waals surface area contributed by atoms with Gasteiger partial charge in [-0.25, -0.2) is 0 Å². The van der Waals surface area contributed by atoms with Gasteiger partial charge in [0.25, 0.3) is 0 Å². The van der Waals surface area contributed by atoms with Crippen molar-refractivity contribution in [1.29, 1.82) is 0 Å². The van der Waals surface area contributed by atoms with E-state index >= 15 is 0 Å². The second kappa shape index (κ2) is 14.5. The van der Waals surface area contributed by atoms with Gasteiger partial charge in [-0.1, -0.05) is 11.6 Å². The number of rotatable bonds is 9. The molecule has 15 heteroatoms. The van der Waals surface area contributed by atoms with Gasteiger partial charge in [0.1, 0.15) is 59.1 Å². The van der Waals surface area contributed by atoms with E-state index in [9.17, 15) is 40.5 Å². The average molecular weight is 691 g/mol. The molecule has 5 rings (SSSR count). The number of hydrogen-bond acceptors (Lipinski definition) is 15. The highest BCUT2D eigenvalue weighted by atomic mass is 16.7. The Morgan fingerprint density at radius 3 is 2.10 bits per heavy atom. The minimum Gasteiger partial charge on any atom is -0.507 e. The first-order chi connectivity index (χ1) is 23.2. The summed E-state index contributed by atoms with van der Waals surface area (Å²) in [5.74, 6) is -1.11. The van der Waals surface area contributed by atoms with Gasteiger partial charge >= 0.3 is 0 Å². The van der Waals surface area contributed by atoms with Crippen LogP contribution in [0.3, 0.4) is 0 Å². The second-order valence-corrected chi connectivity index (χ2v) is 12.3. The van der Waals surface area contributed by atoms with Crippen LogP contribution in [0.5, 0.6) is 28.7 Å². The summed E-state index contributed by atoms with van der Waals surface area (Å²) < 4.78 is 40.0. The maximum absolute atomic E-state index is 14.2. The summed E-state index contributed by atoms with van der Waals surface area (Å²) in [6, 6.07) is 5.47. The van der Waals surface area contributed by atoms with Crippen LogP contribution in [0.1, 0.15) is 33.3 Å². The third kappa shape index (κ3) is 6.93. The third-order valence-corrected chi connectivity index (χ3v) is 8.65. The number of aliphatic hydroxyl groups excluding tert-OH is 5. The molecule has 2 aromatic carbocycles. The van der Waals surface area contributed by atoms with Gasteiger partial charge in [0.05, 0.1) is 26.4 Å². The summed E-state index contributed by atoms with van der Waals surface area (Å²) in [7, 11) is 2.77. The smallest absolute Gasteiger partial charge is 0.239 e. The molecule has 2 aliphatic heterocycles. The number of fused-ring (bicyclic) bond motifs is 1. The van der Waals surface area contributed by atoms with Crippen molar-refractivity contribution in [1.82, 2.24) is 0 Å². The van der Waals surface area contributed by atoms with Crippen LogP contribution in [0.2, 0.25) is 0 Å². The van der Waals surface area contributed by atoms with Crippen molar-refractivity contribution in [2.24, 2.45) is 0 Å². The highest BCUT2D eigenvalue weighted by Gasteiger charge is 2.50. The highest BCUT2D eigenvalue weighted by molar-refractivity contribution is 5.91. The summed E-state index contributed by atoms with van der Waals surface area (Å²) >= 11 is 0. The zero-order valence-electron chi connectivity index (χ0n) is 27.8. The Bertz CT molecular complexity index is 1750. The number of aromatic hydroxyl groups is 2. The minimum atomic E-state index is -1.86. The molecule has 2 aliphatic rings. The van der Waals surface area contributed by atoms with Gasteiger partial charge in [-0.15, -0.1) is 0 Å². The molecule has 0 spiro atoms. The standard InChI is InChI=1S/C34H42O15/c1-13(2)7-9-17-21(44-6)12-19(36)22-24(38)32(30(47-31(17)22)16-8-10-20(43-5)18(35)11-16)49-34-28(42)26(40)29(15(4)46-34)48-33-27(41)25(39)23(37)14(3)45-33/h7-8,10-12,14-15,23,25-29,33-37,39-42H,9H2,1-6H3. The van der Waals surface area contributed by atoms with Gasteiger partial charge in [-0.05, 0) is 52.3 Å². The molecule has 1 aromatic heterocycles. The van der Waals surface area contributed by atoms with E-state index in [0.29, 0.717) is 5.56 Å². The molecule has 15 nitrogen and oxygen atoms in total. The zero-order valence-corrected chi connectivity index (χ0v) is 27.8. The van der Waals surface area contributed by atoms with Gasteiger partial charge in [0, 0.05) is 17.2 Å². The van der Waals surface area contributed by atoms with Crippen LogP contribution in [0.4, 0.5) is 0 Å². The fourth-order valence-electron chi connectivity index (χ4n) is 5.86. The Morgan fingerprint density at radius 2 is 1.47 bits per heavy atom. The number of methoxy groups -OCH3 is 2. The number of hydrogen-bond donors (Lipinski definition) is 7. The molecule has 49 heavy (non-hydrogen) atoms. The van der Waals surface area contributed by atoms with E-state index in [0.717, 1.165) is 5.57 Å². The molecule has 268 valence electrons. The SMILES string of the molecule is COc1ccc(-c2oc3c(CC=C(C)C)c(OC)cc(O)c3c(=O)c2OC2OC(C)C(OC3OC(C)C(O)C(O)C3O)C(O)C2O)cc1O. The highest BCUT2D eigenvalue weighted by Crippen LogP contribution is 2.42. The normalized spacial score (nSPS) is 30.2. The molecular formula is C34H42O15. The van der Waals surface area contributed by atoms with Crippen molar-refractivity contribution in [3.63, 3.8) is 0 Å². The molecule has 0 aliphatic carbocycles. The molecule has 0 bridgehead atoms. The fraction of sp³-hybridized carbons (Fsp3) is 0.500. The van der Waals surface area contributed by atoms with Gasteiger partial charge in [0.15, 0.2) is 23.5 Å². The molecule has 7 N–H and O–H groups in total. The maximum atomic E-state index is 14.2. The number of ether oxygens (including phenoxy) is 6. The van der Waals surface area contributed by atoms with Crippen molar-refractivity contribution in [2.75, 3.05) is 14.2 Å². The number of aliphatic hydroxyl groups is 5. The van der Waals surface area contributed by atoms with Crippen molar-refractivity contribution in [3.05, 3.63) is 51.7 Å². The lowest BCUT2D eigenvalue weighted by Gasteiger charge is -2.45. The van der Waals surface area contributed by atoms with Crippen molar-refractivity contribution in [3.8, 4) is 40.1 Å². The number of benzene rings is 2. The van der Waals surface area contributed by atoms with Crippen LogP contribution in [-0.2, 0) is 20.6 Å². The van der Waals surface area contributed by atoms with E-state index in [-0.39, 0.29) is 46.0 Å². The fourth-order valence-corrected chi connectivity index (χ4v) is 5.86. The molecule has 2 saturated heterocycles. The third-order valence-electron chi connectivity index (χ3n) is 8.65. The van der Waals surface area contributed by atoms with Crippen molar-refractivity contribution >= 4 is 11.0 Å². The Morgan fingerprint density at radius 1 is 0.816 bits per heavy atom. The lowest BCUT2D eigenvalue weighted by atomic mass is 9.97. The van der Waals surface area contributed by atoms with E-state index in [1.165, 1.54) is 52.3 Å². The lowest BCUT2D eigenvalue weighted by molar-refractivity contribution is -0.345. The Balaban J connectivity index is 1.57. The summed E-state index contributed by atoms with van der Waals surface area (Å²) in [5.41, 5.74) is 0.688. The lowest BCUT2D eigenvalue weighted by Crippen LogP contribution is -2.63. The first-order valence-corrected chi connectivity index (χ1v) is 15.6. The first kappa shape index (κ1) is 36.4. The molecular weight excluding hydrogens is 648 g/mol. The van der Waals surface area contributed by atoms with Crippen LogP contribution in [0.15, 0.2) is 45.1 Å². The van der Waals surface area contributed by atoms with Crippen LogP contribution < -0.4 is 19.6 Å². The van der Waals surface area contributed by atoms with Gasteiger partial charge in [-0.3, -0.25) is 4.79 Å². The van der Waals surface area contributed by atoms with Gasteiger partial charge in [-0.2, -0.15) is 0 Å².